The van der Waals surface area contributed by atoms with E-state index in [4.69, 9.17) is 0 Å². The van der Waals surface area contributed by atoms with Crippen LogP contribution in [0, 0.1) is 12.8 Å². The van der Waals surface area contributed by atoms with Gasteiger partial charge in [-0.15, -0.1) is 0 Å². The van der Waals surface area contributed by atoms with Gasteiger partial charge in [-0.05, 0) is 62.3 Å². The van der Waals surface area contributed by atoms with Gasteiger partial charge in [-0.2, -0.15) is 0 Å². The van der Waals surface area contributed by atoms with Gasteiger partial charge in [0.05, 0.1) is 0 Å². The molecule has 0 heterocycles. The van der Waals surface area contributed by atoms with E-state index in [0.29, 0.717) is 11.5 Å². The van der Waals surface area contributed by atoms with Crippen molar-refractivity contribution in [2.24, 2.45) is 5.92 Å². The summed E-state index contributed by atoms with van der Waals surface area (Å²) in [4.78, 5) is 0. The third-order valence-electron chi connectivity index (χ3n) is 10.3. The smallest absolute Gasteiger partial charge is 0.0842 e. The molecule has 46 heavy (non-hydrogen) atoms. The van der Waals surface area contributed by atoms with Gasteiger partial charge in [0.2, 0.25) is 0 Å². The number of hydrogen-bond acceptors (Lipinski definition) is 0. The highest BCUT2D eigenvalue weighted by atomic mass is 28.3. The SMILES string of the molecule is Cc1cccc([Si](c2ccccc2)(c2ccccc2)c2cccc([Si](C3=CC=CCC3C)(c3ccccc3)C3C=CC=CC3)c2)c1. The second kappa shape index (κ2) is 13.1. The van der Waals surface area contributed by atoms with Crippen molar-refractivity contribution in [2.45, 2.75) is 32.2 Å². The van der Waals surface area contributed by atoms with E-state index in [1.807, 2.05) is 0 Å². The maximum atomic E-state index is 2.67. The molecule has 0 saturated heterocycles. The number of rotatable bonds is 8. The highest BCUT2D eigenvalue weighted by Gasteiger charge is 2.49. The summed E-state index contributed by atoms with van der Waals surface area (Å²) in [6.07, 6.45) is 18.8. The molecule has 7 rings (SSSR count). The molecule has 0 spiro atoms. The highest BCUT2D eigenvalue weighted by molar-refractivity contribution is 7.20. The lowest BCUT2D eigenvalue weighted by atomic mass is 10.0. The lowest BCUT2D eigenvalue weighted by Gasteiger charge is -2.45. The van der Waals surface area contributed by atoms with E-state index in [2.05, 4.69) is 196 Å². The van der Waals surface area contributed by atoms with Gasteiger partial charge in [0.25, 0.3) is 0 Å². The fraction of sp³-hybridized carbons (Fsp3) is 0.136. The first-order valence-corrected chi connectivity index (χ1v) is 20.8. The lowest BCUT2D eigenvalue weighted by molar-refractivity contribution is 0.711. The summed E-state index contributed by atoms with van der Waals surface area (Å²) in [6, 6.07) is 53.6. The lowest BCUT2D eigenvalue weighted by Crippen LogP contribution is -2.75. The van der Waals surface area contributed by atoms with Crippen LogP contribution < -0.4 is 31.1 Å². The van der Waals surface area contributed by atoms with Crippen molar-refractivity contribution < 1.29 is 0 Å². The van der Waals surface area contributed by atoms with Crippen LogP contribution in [-0.4, -0.2) is 16.1 Å². The molecule has 5 aromatic rings. The van der Waals surface area contributed by atoms with Crippen molar-refractivity contribution in [1.29, 1.82) is 0 Å². The van der Waals surface area contributed by atoms with Crippen molar-refractivity contribution in [3.63, 3.8) is 0 Å². The Balaban J connectivity index is 1.59. The maximum Gasteiger partial charge on any atom is 0.179 e. The molecule has 0 aromatic heterocycles. The summed E-state index contributed by atoms with van der Waals surface area (Å²) < 4.78 is 0. The monoisotopic (exact) mass is 626 g/mol. The Hall–Kier alpha value is -4.51. The van der Waals surface area contributed by atoms with Crippen LogP contribution in [0.15, 0.2) is 187 Å². The van der Waals surface area contributed by atoms with Gasteiger partial charge < -0.3 is 0 Å². The minimum atomic E-state index is -2.70. The van der Waals surface area contributed by atoms with Gasteiger partial charge in [0.15, 0.2) is 16.1 Å². The Morgan fingerprint density at radius 3 is 1.63 bits per heavy atom. The number of benzene rings is 5. The molecule has 3 unspecified atom stereocenters. The third-order valence-corrected chi connectivity index (χ3v) is 20.6. The van der Waals surface area contributed by atoms with E-state index in [1.54, 1.807) is 5.20 Å². The first-order valence-electron chi connectivity index (χ1n) is 16.7. The van der Waals surface area contributed by atoms with Crippen LogP contribution in [0.3, 0.4) is 0 Å². The van der Waals surface area contributed by atoms with Crippen molar-refractivity contribution >= 4 is 47.3 Å². The van der Waals surface area contributed by atoms with Crippen molar-refractivity contribution in [3.8, 4) is 0 Å². The molecule has 0 bridgehead atoms. The molecule has 0 saturated carbocycles. The van der Waals surface area contributed by atoms with E-state index in [9.17, 15) is 0 Å². The molecule has 3 atom stereocenters. The quantitative estimate of drug-likeness (QED) is 0.130. The molecule has 5 aromatic carbocycles. The maximum absolute atomic E-state index is 2.70. The largest absolute Gasteiger partial charge is 0.179 e. The van der Waals surface area contributed by atoms with E-state index in [0.717, 1.165) is 12.8 Å². The average molecular weight is 627 g/mol. The summed E-state index contributed by atoms with van der Waals surface area (Å²) in [5.74, 6) is 0.488. The summed E-state index contributed by atoms with van der Waals surface area (Å²) in [7, 11) is -5.24. The number of aryl methyl sites for hydroxylation is 1. The minimum Gasteiger partial charge on any atom is -0.0842 e. The van der Waals surface area contributed by atoms with Gasteiger partial charge in [-0.1, -0.05) is 200 Å². The Morgan fingerprint density at radius 2 is 1.04 bits per heavy atom. The molecule has 2 heteroatoms. The summed E-state index contributed by atoms with van der Waals surface area (Å²) in [5.41, 5.74) is 1.73. The molecule has 0 aliphatic heterocycles. The third kappa shape index (κ3) is 5.16. The zero-order chi connectivity index (χ0) is 31.4. The Kier molecular flexibility index (Phi) is 8.58. The van der Waals surface area contributed by atoms with Crippen LogP contribution in [0.5, 0.6) is 0 Å². The van der Waals surface area contributed by atoms with Crippen LogP contribution in [0.2, 0.25) is 5.54 Å². The standard InChI is InChI=1S/C44H42Si2/c1-35-19-17-29-41(33-35)45(37-21-7-3-8-22-37,38-23-9-4-10-24-38)42-30-18-31-43(34-42)46(39-25-11-5-12-26-39,40-27-13-6-14-28-40)44-32-16-15-20-36(44)2/h3-19,21-27,29-34,36,40H,20,28H2,1-2H3. The molecule has 0 amide bonds. The van der Waals surface area contributed by atoms with E-state index in [-0.39, 0.29) is 0 Å². The van der Waals surface area contributed by atoms with Crippen LogP contribution in [0.25, 0.3) is 0 Å². The Morgan fingerprint density at radius 1 is 0.500 bits per heavy atom. The van der Waals surface area contributed by atoms with Gasteiger partial charge in [-0.25, -0.2) is 0 Å². The van der Waals surface area contributed by atoms with Gasteiger partial charge >= 0.3 is 0 Å². The van der Waals surface area contributed by atoms with Crippen LogP contribution in [0.1, 0.15) is 25.3 Å². The second-order valence-corrected chi connectivity index (χ2v) is 20.8. The molecule has 0 fully saturated rings. The summed E-state index contributed by atoms with van der Waals surface area (Å²) in [6.45, 7) is 4.68. The van der Waals surface area contributed by atoms with Gasteiger partial charge in [0, 0.05) is 0 Å². The predicted molar refractivity (Wildman–Crippen MR) is 204 cm³/mol. The molecule has 0 N–H and O–H groups in total. The van der Waals surface area contributed by atoms with E-state index in [1.165, 1.54) is 36.7 Å². The topological polar surface area (TPSA) is 0 Å². The van der Waals surface area contributed by atoms with E-state index >= 15 is 0 Å². The highest BCUT2D eigenvalue weighted by Crippen LogP contribution is 2.40. The van der Waals surface area contributed by atoms with Gasteiger partial charge in [0.1, 0.15) is 0 Å². The molecule has 226 valence electrons. The minimum absolute atomic E-state index is 0.429. The van der Waals surface area contributed by atoms with E-state index < -0.39 is 16.1 Å². The summed E-state index contributed by atoms with van der Waals surface area (Å²) in [5, 5.41) is 10.4. The zero-order valence-electron chi connectivity index (χ0n) is 26.9. The van der Waals surface area contributed by atoms with Gasteiger partial charge in [-0.3, -0.25) is 0 Å². The average Bonchev–Trinajstić information content (AvgIpc) is 3.12. The predicted octanol–water partition coefficient (Wildman–Crippen LogP) is 6.88. The molecular weight excluding hydrogens is 585 g/mol. The van der Waals surface area contributed by atoms with Crippen LogP contribution in [0.4, 0.5) is 0 Å². The van der Waals surface area contributed by atoms with Crippen LogP contribution in [-0.2, 0) is 0 Å². The molecule has 2 aliphatic rings. The summed E-state index contributed by atoms with van der Waals surface area (Å²) >= 11 is 0. The molecule has 0 nitrogen and oxygen atoms in total. The van der Waals surface area contributed by atoms with Crippen molar-refractivity contribution in [3.05, 3.63) is 193 Å². The number of allylic oxidation sites excluding steroid dienone is 8. The normalized spacial score (nSPS) is 19.0. The Bertz CT molecular complexity index is 1880. The van der Waals surface area contributed by atoms with Crippen molar-refractivity contribution in [1.82, 2.24) is 0 Å². The van der Waals surface area contributed by atoms with Crippen molar-refractivity contribution in [2.75, 3.05) is 0 Å². The second-order valence-electron chi connectivity index (χ2n) is 12.9. The van der Waals surface area contributed by atoms with Crippen LogP contribution >= 0.6 is 0 Å². The first-order chi connectivity index (χ1) is 22.6. The fourth-order valence-electron chi connectivity index (χ4n) is 8.26. The first kappa shape index (κ1) is 30.2. The fourth-order valence-corrected chi connectivity index (χ4v) is 19.2. The molecule has 0 radical (unpaired) electrons. The zero-order valence-corrected chi connectivity index (χ0v) is 28.9. The molecule has 2 aliphatic carbocycles. The number of hydrogen-bond donors (Lipinski definition) is 0. The molecular formula is C44H42Si2. The Labute approximate surface area is 277 Å².